The Morgan fingerprint density at radius 1 is 1.12 bits per heavy atom. The third-order valence-electron chi connectivity index (χ3n) is 5.80. The molecule has 176 valence electrons. The summed E-state index contributed by atoms with van der Waals surface area (Å²) in [6.45, 7) is 2.28. The van der Waals surface area contributed by atoms with Crippen molar-refractivity contribution >= 4 is 11.8 Å². The van der Waals surface area contributed by atoms with Gasteiger partial charge in [-0.15, -0.1) is 0 Å². The maximum atomic E-state index is 14.9. The van der Waals surface area contributed by atoms with E-state index in [-0.39, 0.29) is 6.42 Å². The van der Waals surface area contributed by atoms with Crippen LogP contribution in [0.4, 0.5) is 27.8 Å². The number of aryl methyl sites for hydroxylation is 1. The van der Waals surface area contributed by atoms with Gasteiger partial charge in [-0.25, -0.2) is 23.5 Å². The lowest BCUT2D eigenvalue weighted by Crippen LogP contribution is -2.56. The molecule has 2 aromatic rings. The van der Waals surface area contributed by atoms with Crippen LogP contribution in [0.15, 0.2) is 31.0 Å². The molecule has 2 fully saturated rings. The van der Waals surface area contributed by atoms with E-state index in [1.807, 2.05) is 22.7 Å². The standard InChI is InChI=1S/C17H22F2N6.C2HF3O2/c1-23-9-6-22-15(23)11-24-7-3-17(18,19)16(12-24)2-8-25(13-16)14-10-20-4-5-21-14;3-2(4,5)1(6)7/h4-6,9-10H,2-3,7-8,11-13H2,1H3;(H,6,7). The fraction of sp³-hybridized carbons (Fsp3) is 0.579. The van der Waals surface area contributed by atoms with Crippen LogP contribution in [0.25, 0.3) is 0 Å². The second kappa shape index (κ2) is 8.96. The maximum Gasteiger partial charge on any atom is 0.490 e. The fourth-order valence-corrected chi connectivity index (χ4v) is 4.02. The van der Waals surface area contributed by atoms with Crippen molar-refractivity contribution in [3.05, 3.63) is 36.8 Å². The summed E-state index contributed by atoms with van der Waals surface area (Å²) in [5.74, 6) is -3.84. The van der Waals surface area contributed by atoms with Crippen molar-refractivity contribution in [2.45, 2.75) is 31.5 Å². The van der Waals surface area contributed by atoms with E-state index >= 15 is 0 Å². The number of carboxylic acids is 1. The molecule has 0 saturated carbocycles. The third kappa shape index (κ3) is 5.14. The molecule has 13 heteroatoms. The number of nitrogens with zero attached hydrogens (tertiary/aromatic N) is 6. The number of imidazole rings is 1. The second-order valence-corrected chi connectivity index (χ2v) is 7.94. The van der Waals surface area contributed by atoms with Gasteiger partial charge in [-0.1, -0.05) is 0 Å². The molecule has 2 aliphatic rings. The molecule has 1 spiro atoms. The molecule has 2 aliphatic heterocycles. The summed E-state index contributed by atoms with van der Waals surface area (Å²) < 4.78 is 63.4. The number of alkyl halides is 5. The van der Waals surface area contributed by atoms with Gasteiger partial charge in [0.15, 0.2) is 0 Å². The van der Waals surface area contributed by atoms with Gasteiger partial charge < -0.3 is 14.6 Å². The molecule has 32 heavy (non-hydrogen) atoms. The predicted octanol–water partition coefficient (Wildman–Crippen LogP) is 2.58. The molecule has 4 rings (SSSR count). The van der Waals surface area contributed by atoms with Crippen molar-refractivity contribution < 1.29 is 31.9 Å². The maximum absolute atomic E-state index is 14.9. The van der Waals surface area contributed by atoms with Crippen LogP contribution in [0.3, 0.4) is 0 Å². The zero-order chi connectivity index (χ0) is 23.6. The highest BCUT2D eigenvalue weighted by atomic mass is 19.4. The van der Waals surface area contributed by atoms with Gasteiger partial charge in [-0.2, -0.15) is 13.2 Å². The fourth-order valence-electron chi connectivity index (χ4n) is 4.02. The molecular weight excluding hydrogens is 439 g/mol. The van der Waals surface area contributed by atoms with Gasteiger partial charge in [0.05, 0.1) is 18.2 Å². The molecule has 1 unspecified atom stereocenters. The molecular formula is C19H23F5N6O2. The average Bonchev–Trinajstić information content (AvgIpc) is 3.33. The van der Waals surface area contributed by atoms with Crippen molar-refractivity contribution in [2.24, 2.45) is 12.5 Å². The number of anilines is 1. The Kier molecular flexibility index (Phi) is 6.67. The first kappa shape index (κ1) is 23.8. The van der Waals surface area contributed by atoms with Crippen LogP contribution in [0, 0.1) is 5.41 Å². The van der Waals surface area contributed by atoms with E-state index in [9.17, 15) is 22.0 Å². The lowest BCUT2D eigenvalue weighted by molar-refractivity contribution is -0.192. The van der Waals surface area contributed by atoms with E-state index in [1.165, 1.54) is 0 Å². The Hall–Kier alpha value is -2.83. The van der Waals surface area contributed by atoms with Gasteiger partial charge in [-0.3, -0.25) is 9.88 Å². The first-order valence-electron chi connectivity index (χ1n) is 9.81. The number of halogens is 5. The van der Waals surface area contributed by atoms with Crippen LogP contribution in [-0.2, 0) is 18.4 Å². The summed E-state index contributed by atoms with van der Waals surface area (Å²) in [5, 5.41) is 7.12. The number of rotatable bonds is 3. The molecule has 0 aliphatic carbocycles. The quantitative estimate of drug-likeness (QED) is 0.702. The van der Waals surface area contributed by atoms with E-state index in [4.69, 9.17) is 9.90 Å². The zero-order valence-corrected chi connectivity index (χ0v) is 17.3. The number of likely N-dealkylation sites (tertiary alicyclic amines) is 1. The average molecular weight is 462 g/mol. The van der Waals surface area contributed by atoms with Gasteiger partial charge in [-0.05, 0) is 6.42 Å². The summed E-state index contributed by atoms with van der Waals surface area (Å²) in [4.78, 5) is 25.6. The van der Waals surface area contributed by atoms with Crippen molar-refractivity contribution in [1.82, 2.24) is 24.4 Å². The van der Waals surface area contributed by atoms with Crippen molar-refractivity contribution in [2.75, 3.05) is 31.1 Å². The Balaban J connectivity index is 0.000000360. The van der Waals surface area contributed by atoms with Gasteiger partial charge in [0.25, 0.3) is 5.92 Å². The van der Waals surface area contributed by atoms with Crippen molar-refractivity contribution in [3.8, 4) is 0 Å². The normalized spacial score (nSPS) is 23.1. The lowest BCUT2D eigenvalue weighted by Gasteiger charge is -2.45. The Bertz CT molecular complexity index is 922. The summed E-state index contributed by atoms with van der Waals surface area (Å²) >= 11 is 0. The topological polar surface area (TPSA) is 87.4 Å². The Labute approximate surface area is 180 Å². The minimum absolute atomic E-state index is 0.105. The third-order valence-corrected chi connectivity index (χ3v) is 5.80. The van der Waals surface area contributed by atoms with E-state index < -0.39 is 23.5 Å². The Morgan fingerprint density at radius 3 is 2.41 bits per heavy atom. The predicted molar refractivity (Wildman–Crippen MR) is 103 cm³/mol. The van der Waals surface area contributed by atoms with Gasteiger partial charge in [0, 0.05) is 64.4 Å². The molecule has 1 atom stereocenters. The molecule has 4 heterocycles. The number of hydrogen-bond acceptors (Lipinski definition) is 6. The van der Waals surface area contributed by atoms with Crippen LogP contribution >= 0.6 is 0 Å². The largest absolute Gasteiger partial charge is 0.490 e. The highest BCUT2D eigenvalue weighted by molar-refractivity contribution is 5.73. The lowest BCUT2D eigenvalue weighted by atomic mass is 9.75. The molecule has 0 bridgehead atoms. The molecule has 2 saturated heterocycles. The summed E-state index contributed by atoms with van der Waals surface area (Å²) in [6, 6.07) is 0. The minimum Gasteiger partial charge on any atom is -0.475 e. The van der Waals surface area contributed by atoms with Crippen molar-refractivity contribution in [3.63, 3.8) is 0 Å². The number of aromatic nitrogens is 4. The van der Waals surface area contributed by atoms with E-state index in [0.717, 1.165) is 5.82 Å². The molecule has 8 nitrogen and oxygen atoms in total. The number of hydrogen-bond donors (Lipinski definition) is 1. The molecule has 0 amide bonds. The van der Waals surface area contributed by atoms with Crippen LogP contribution in [0.1, 0.15) is 18.7 Å². The van der Waals surface area contributed by atoms with E-state index in [0.29, 0.717) is 45.0 Å². The molecule has 2 aromatic heterocycles. The highest BCUT2D eigenvalue weighted by Crippen LogP contribution is 2.50. The van der Waals surface area contributed by atoms with Crippen LogP contribution in [0.2, 0.25) is 0 Å². The van der Waals surface area contributed by atoms with E-state index in [2.05, 4.69) is 19.9 Å². The van der Waals surface area contributed by atoms with Crippen LogP contribution in [-0.4, -0.2) is 73.8 Å². The first-order chi connectivity index (χ1) is 14.9. The second-order valence-electron chi connectivity index (χ2n) is 7.94. The number of aliphatic carboxylic acids is 1. The number of carboxylic acid groups (broad SMARTS) is 1. The summed E-state index contributed by atoms with van der Waals surface area (Å²) in [6.07, 6.45) is 3.75. The van der Waals surface area contributed by atoms with Gasteiger partial charge >= 0.3 is 12.1 Å². The monoisotopic (exact) mass is 462 g/mol. The minimum atomic E-state index is -5.08. The zero-order valence-electron chi connectivity index (χ0n) is 17.3. The summed E-state index contributed by atoms with van der Waals surface area (Å²) in [5.41, 5.74) is -1.03. The van der Waals surface area contributed by atoms with Crippen molar-refractivity contribution in [1.29, 1.82) is 0 Å². The molecule has 0 aromatic carbocycles. The molecule has 1 N–H and O–H groups in total. The SMILES string of the molecule is Cn1ccnc1CN1CCC(F)(F)C2(CCN(c3cnccn3)C2)C1.O=C(O)C(F)(F)F. The number of piperidine rings is 1. The van der Waals surface area contributed by atoms with Crippen LogP contribution in [0.5, 0.6) is 0 Å². The molecule has 0 radical (unpaired) electrons. The van der Waals surface area contributed by atoms with Gasteiger partial charge in [0.2, 0.25) is 0 Å². The first-order valence-corrected chi connectivity index (χ1v) is 9.81. The Morgan fingerprint density at radius 2 is 1.84 bits per heavy atom. The van der Waals surface area contributed by atoms with E-state index in [1.54, 1.807) is 24.8 Å². The van der Waals surface area contributed by atoms with Gasteiger partial charge in [0.1, 0.15) is 11.6 Å². The smallest absolute Gasteiger partial charge is 0.475 e. The highest BCUT2D eigenvalue weighted by Gasteiger charge is 2.59. The summed E-state index contributed by atoms with van der Waals surface area (Å²) in [7, 11) is 1.93. The number of carbonyl (C=O) groups is 1. The van der Waals surface area contributed by atoms with Crippen LogP contribution < -0.4 is 4.90 Å².